The van der Waals surface area contributed by atoms with Gasteiger partial charge in [0.25, 0.3) is 0 Å². The van der Waals surface area contributed by atoms with Gasteiger partial charge in [0.05, 0.1) is 7.11 Å². The molecule has 0 unspecified atom stereocenters. The summed E-state index contributed by atoms with van der Waals surface area (Å²) in [4.78, 5) is 6.64. The third-order valence-electron chi connectivity index (χ3n) is 4.39. The minimum Gasteiger partial charge on any atom is -0.497 e. The van der Waals surface area contributed by atoms with Crippen molar-refractivity contribution in [2.45, 2.75) is 6.42 Å². The van der Waals surface area contributed by atoms with Crippen molar-refractivity contribution in [2.75, 3.05) is 25.1 Å². The second kappa shape index (κ2) is 6.81. The third kappa shape index (κ3) is 3.26. The lowest BCUT2D eigenvalue weighted by atomic mass is 10.00. The van der Waals surface area contributed by atoms with Gasteiger partial charge in [-0.1, -0.05) is 41.6 Å². The Labute approximate surface area is 146 Å². The first-order chi connectivity index (χ1) is 12.3. The average Bonchev–Trinajstić information content (AvgIpc) is 3.19. The molecule has 0 aliphatic carbocycles. The Morgan fingerprint density at radius 1 is 1.00 bits per heavy atom. The molecule has 0 amide bonds. The van der Waals surface area contributed by atoms with Gasteiger partial charge >= 0.3 is 6.01 Å². The van der Waals surface area contributed by atoms with Crippen molar-refractivity contribution in [1.29, 1.82) is 0 Å². The van der Waals surface area contributed by atoms with E-state index in [2.05, 4.69) is 45.4 Å². The van der Waals surface area contributed by atoms with Gasteiger partial charge in [-0.05, 0) is 41.8 Å². The van der Waals surface area contributed by atoms with Crippen LogP contribution in [0.25, 0.3) is 17.0 Å². The molecule has 0 spiro atoms. The summed E-state index contributed by atoms with van der Waals surface area (Å²) in [6.45, 7) is 1.64. The number of methoxy groups -OCH3 is 1. The van der Waals surface area contributed by atoms with Crippen molar-refractivity contribution in [3.05, 3.63) is 66.2 Å². The summed E-state index contributed by atoms with van der Waals surface area (Å²) in [5.74, 6) is 1.40. The number of nitrogens with zero attached hydrogens (tertiary/aromatic N) is 3. The van der Waals surface area contributed by atoms with Gasteiger partial charge < -0.3 is 14.2 Å². The molecule has 126 valence electrons. The van der Waals surface area contributed by atoms with Crippen LogP contribution in [0.2, 0.25) is 0 Å². The van der Waals surface area contributed by atoms with E-state index in [1.54, 1.807) is 7.11 Å². The lowest BCUT2D eigenvalue weighted by molar-refractivity contribution is 0.414. The van der Waals surface area contributed by atoms with Gasteiger partial charge in [-0.15, -0.1) is 0 Å². The molecule has 1 aliphatic heterocycles. The Kier molecular flexibility index (Phi) is 4.21. The second-order valence-electron chi connectivity index (χ2n) is 5.92. The number of anilines is 1. The van der Waals surface area contributed by atoms with Gasteiger partial charge in [0.2, 0.25) is 5.82 Å². The van der Waals surface area contributed by atoms with E-state index in [1.807, 2.05) is 30.3 Å². The highest BCUT2D eigenvalue weighted by Crippen LogP contribution is 2.26. The van der Waals surface area contributed by atoms with E-state index >= 15 is 0 Å². The van der Waals surface area contributed by atoms with Crippen molar-refractivity contribution in [3.63, 3.8) is 0 Å². The van der Waals surface area contributed by atoms with Crippen LogP contribution in [0.3, 0.4) is 0 Å². The molecule has 0 saturated heterocycles. The third-order valence-corrected chi connectivity index (χ3v) is 4.39. The van der Waals surface area contributed by atoms with Crippen molar-refractivity contribution >= 4 is 11.6 Å². The lowest BCUT2D eigenvalue weighted by Gasteiger charge is -2.24. The molecular formula is C20H19N3O2. The van der Waals surface area contributed by atoms with Crippen LogP contribution >= 0.6 is 0 Å². The van der Waals surface area contributed by atoms with E-state index in [-0.39, 0.29) is 0 Å². The topological polar surface area (TPSA) is 51.4 Å². The van der Waals surface area contributed by atoms with E-state index in [9.17, 15) is 0 Å². The zero-order valence-corrected chi connectivity index (χ0v) is 14.1. The summed E-state index contributed by atoms with van der Waals surface area (Å²) in [5.41, 5.74) is 3.56. The zero-order chi connectivity index (χ0) is 17.1. The number of hydrogen-bond donors (Lipinski definition) is 0. The summed E-state index contributed by atoms with van der Waals surface area (Å²) in [6, 6.07) is 18.7. The number of aromatic nitrogens is 2. The van der Waals surface area contributed by atoms with Crippen LogP contribution in [0.15, 0.2) is 65.2 Å². The fraction of sp³-hybridized carbons (Fsp3) is 0.200. The highest BCUT2D eigenvalue weighted by molar-refractivity contribution is 5.68. The van der Waals surface area contributed by atoms with Crippen LogP contribution in [0.4, 0.5) is 6.01 Å². The van der Waals surface area contributed by atoms with E-state index in [0.29, 0.717) is 11.8 Å². The van der Waals surface area contributed by atoms with Crippen molar-refractivity contribution in [2.24, 2.45) is 0 Å². The van der Waals surface area contributed by atoms with Gasteiger partial charge in [0, 0.05) is 18.7 Å². The molecule has 0 saturated carbocycles. The monoisotopic (exact) mass is 333 g/mol. The van der Waals surface area contributed by atoms with Gasteiger partial charge in [-0.2, -0.15) is 4.98 Å². The fourth-order valence-electron chi connectivity index (χ4n) is 2.96. The van der Waals surface area contributed by atoms with Crippen LogP contribution in [0.5, 0.6) is 5.75 Å². The largest absolute Gasteiger partial charge is 0.497 e. The smallest absolute Gasteiger partial charge is 0.324 e. The molecular weight excluding hydrogens is 314 g/mol. The maximum Gasteiger partial charge on any atom is 0.324 e. The minimum atomic E-state index is 0.564. The molecule has 3 aromatic rings. The standard InChI is InChI=1S/C20H19N3O2/c1-24-18-9-7-17(8-10-18)19-21-20(25-22-19)23-13-11-16(12-14-23)15-5-3-2-4-6-15/h2-11H,12-14H2,1H3. The molecule has 2 heterocycles. The summed E-state index contributed by atoms with van der Waals surface area (Å²) in [7, 11) is 1.65. The highest BCUT2D eigenvalue weighted by Gasteiger charge is 2.19. The van der Waals surface area contributed by atoms with Gasteiger partial charge in [-0.3, -0.25) is 0 Å². The van der Waals surface area contributed by atoms with Crippen LogP contribution in [-0.4, -0.2) is 30.3 Å². The molecule has 5 heteroatoms. The quantitative estimate of drug-likeness (QED) is 0.721. The summed E-state index contributed by atoms with van der Waals surface area (Å²) < 4.78 is 10.6. The van der Waals surface area contributed by atoms with Crippen LogP contribution in [0.1, 0.15) is 12.0 Å². The highest BCUT2D eigenvalue weighted by atomic mass is 16.5. The van der Waals surface area contributed by atoms with Gasteiger partial charge in [0.1, 0.15) is 5.75 Å². The molecule has 0 radical (unpaired) electrons. The molecule has 0 atom stereocenters. The van der Waals surface area contributed by atoms with Crippen LogP contribution < -0.4 is 9.64 Å². The molecule has 5 nitrogen and oxygen atoms in total. The maximum absolute atomic E-state index is 5.46. The Bertz CT molecular complexity index is 869. The number of benzene rings is 2. The predicted molar refractivity (Wildman–Crippen MR) is 97.5 cm³/mol. The Morgan fingerprint density at radius 2 is 1.80 bits per heavy atom. The fourth-order valence-corrected chi connectivity index (χ4v) is 2.96. The molecule has 0 N–H and O–H groups in total. The van der Waals surface area contributed by atoms with Crippen molar-refractivity contribution < 1.29 is 9.26 Å². The van der Waals surface area contributed by atoms with Crippen molar-refractivity contribution in [1.82, 2.24) is 10.1 Å². The average molecular weight is 333 g/mol. The normalized spacial score (nSPS) is 14.3. The predicted octanol–water partition coefficient (Wildman–Crippen LogP) is 4.04. The zero-order valence-electron chi connectivity index (χ0n) is 14.1. The first-order valence-corrected chi connectivity index (χ1v) is 8.31. The second-order valence-corrected chi connectivity index (χ2v) is 5.92. The lowest BCUT2D eigenvalue weighted by Crippen LogP contribution is -2.28. The summed E-state index contributed by atoms with van der Waals surface area (Å²) in [6.07, 6.45) is 3.19. The molecule has 25 heavy (non-hydrogen) atoms. The Hall–Kier alpha value is -3.08. The molecule has 4 rings (SSSR count). The Morgan fingerprint density at radius 3 is 2.48 bits per heavy atom. The van der Waals surface area contributed by atoms with Gasteiger partial charge in [-0.25, -0.2) is 0 Å². The summed E-state index contributed by atoms with van der Waals surface area (Å²) in [5, 5.41) is 4.11. The Balaban J connectivity index is 1.48. The number of rotatable bonds is 4. The SMILES string of the molecule is COc1ccc(-c2noc(N3CC=C(c4ccccc4)CC3)n2)cc1. The van der Waals surface area contributed by atoms with E-state index in [1.165, 1.54) is 11.1 Å². The van der Waals surface area contributed by atoms with Crippen LogP contribution in [-0.2, 0) is 0 Å². The minimum absolute atomic E-state index is 0.564. The van der Waals surface area contributed by atoms with Crippen LogP contribution in [0, 0.1) is 0 Å². The van der Waals surface area contributed by atoms with E-state index in [0.717, 1.165) is 30.8 Å². The number of hydrogen-bond acceptors (Lipinski definition) is 5. The maximum atomic E-state index is 5.46. The first kappa shape index (κ1) is 15.4. The van der Waals surface area contributed by atoms with Crippen molar-refractivity contribution in [3.8, 4) is 17.1 Å². The molecule has 1 aromatic heterocycles. The molecule has 2 aromatic carbocycles. The molecule has 0 bridgehead atoms. The molecule has 0 fully saturated rings. The summed E-state index contributed by atoms with van der Waals surface area (Å²) >= 11 is 0. The van der Waals surface area contributed by atoms with Gasteiger partial charge in [0.15, 0.2) is 0 Å². The van der Waals surface area contributed by atoms with E-state index in [4.69, 9.17) is 9.26 Å². The number of ether oxygens (including phenoxy) is 1. The molecule has 1 aliphatic rings. The van der Waals surface area contributed by atoms with E-state index < -0.39 is 0 Å². The first-order valence-electron chi connectivity index (χ1n) is 8.31.